The van der Waals surface area contributed by atoms with Crippen LogP contribution in [0.1, 0.15) is 278 Å². The molecule has 63 heavy (non-hydrogen) atoms. The number of carbonyl (C=O) groups is 2. The Morgan fingerprint density at radius 2 is 0.873 bits per heavy atom. The number of esters is 1. The molecule has 0 aromatic rings. The Morgan fingerprint density at radius 3 is 1.35 bits per heavy atom. The van der Waals surface area contributed by atoms with Gasteiger partial charge in [-0.05, 0) is 70.6 Å². The fraction of sp³-hybridized carbons (Fsp3) is 0.825. The summed E-state index contributed by atoms with van der Waals surface area (Å²) in [6, 6.07) is -0.709. The van der Waals surface area contributed by atoms with Crippen molar-refractivity contribution in [3.63, 3.8) is 0 Å². The number of ether oxygens (including phenoxy) is 1. The van der Waals surface area contributed by atoms with Gasteiger partial charge in [0.2, 0.25) is 5.91 Å². The average Bonchev–Trinajstić information content (AvgIpc) is 3.28. The van der Waals surface area contributed by atoms with E-state index in [0.717, 1.165) is 83.5 Å². The summed E-state index contributed by atoms with van der Waals surface area (Å²) in [5.41, 5.74) is 0. The van der Waals surface area contributed by atoms with E-state index in [9.17, 15) is 19.8 Å². The Kier molecular flexibility index (Phi) is 49.1. The van der Waals surface area contributed by atoms with Crippen molar-refractivity contribution >= 4 is 11.9 Å². The molecular formula is C57H105NO5. The minimum Gasteiger partial charge on any atom is -0.462 e. The summed E-state index contributed by atoms with van der Waals surface area (Å²) in [6.45, 7) is 6.36. The van der Waals surface area contributed by atoms with Gasteiger partial charge >= 0.3 is 5.97 Å². The van der Waals surface area contributed by atoms with E-state index in [1.807, 2.05) is 0 Å². The van der Waals surface area contributed by atoms with Crippen LogP contribution in [0.3, 0.4) is 0 Å². The lowest BCUT2D eigenvalue weighted by molar-refractivity contribution is -0.151. The molecule has 0 aromatic heterocycles. The largest absolute Gasteiger partial charge is 0.462 e. The maximum atomic E-state index is 13.2. The highest BCUT2D eigenvalue weighted by Crippen LogP contribution is 2.18. The Morgan fingerprint density at radius 1 is 0.476 bits per heavy atom. The number of nitrogens with one attached hydrogen (secondary N) is 1. The Balaban J connectivity index is 4.54. The van der Waals surface area contributed by atoms with Crippen LogP contribution in [0, 0.1) is 0 Å². The van der Waals surface area contributed by atoms with Gasteiger partial charge in [0, 0.05) is 6.42 Å². The topological polar surface area (TPSA) is 95.9 Å². The zero-order valence-corrected chi connectivity index (χ0v) is 42.0. The van der Waals surface area contributed by atoms with Gasteiger partial charge in [0.05, 0.1) is 25.2 Å². The molecule has 6 heteroatoms. The van der Waals surface area contributed by atoms with Crippen LogP contribution in [0.2, 0.25) is 0 Å². The van der Waals surface area contributed by atoms with Crippen molar-refractivity contribution in [2.45, 2.75) is 296 Å². The number of hydrogen-bond donors (Lipinski definition) is 3. The summed E-state index contributed by atoms with van der Waals surface area (Å²) in [5.74, 6) is -0.492. The molecular weight excluding hydrogens is 779 g/mol. The van der Waals surface area contributed by atoms with Gasteiger partial charge in [0.15, 0.2) is 0 Å². The van der Waals surface area contributed by atoms with Crippen molar-refractivity contribution in [1.82, 2.24) is 5.32 Å². The van der Waals surface area contributed by atoms with E-state index in [4.69, 9.17) is 4.74 Å². The van der Waals surface area contributed by atoms with Gasteiger partial charge in [-0.15, -0.1) is 0 Å². The fourth-order valence-corrected chi connectivity index (χ4v) is 8.31. The first-order chi connectivity index (χ1) is 31.0. The maximum Gasteiger partial charge on any atom is 0.306 e. The van der Waals surface area contributed by atoms with Gasteiger partial charge < -0.3 is 20.3 Å². The molecule has 0 radical (unpaired) electrons. The van der Waals surface area contributed by atoms with Crippen LogP contribution in [0.25, 0.3) is 0 Å². The normalized spacial score (nSPS) is 13.5. The molecule has 0 bridgehead atoms. The number of amides is 1. The molecule has 0 aliphatic carbocycles. The third kappa shape index (κ3) is 46.2. The van der Waals surface area contributed by atoms with Crippen molar-refractivity contribution in [2.24, 2.45) is 0 Å². The molecule has 0 fully saturated rings. The summed E-state index contributed by atoms with van der Waals surface area (Å²) >= 11 is 0. The average molecular weight is 884 g/mol. The molecule has 3 unspecified atom stereocenters. The Labute approximate surface area is 391 Å². The van der Waals surface area contributed by atoms with E-state index >= 15 is 0 Å². The number of aliphatic hydroxyl groups is 2. The van der Waals surface area contributed by atoms with Crippen LogP contribution in [-0.4, -0.2) is 46.9 Å². The molecule has 0 saturated carbocycles. The van der Waals surface area contributed by atoms with Crippen molar-refractivity contribution in [1.29, 1.82) is 0 Å². The molecule has 0 heterocycles. The first-order valence-corrected chi connectivity index (χ1v) is 27.4. The predicted molar refractivity (Wildman–Crippen MR) is 273 cm³/mol. The van der Waals surface area contributed by atoms with E-state index in [2.05, 4.69) is 74.7 Å². The van der Waals surface area contributed by atoms with E-state index < -0.39 is 18.2 Å². The van der Waals surface area contributed by atoms with E-state index in [1.54, 1.807) is 0 Å². The number of carbonyl (C=O) groups excluding carboxylic acids is 2. The van der Waals surface area contributed by atoms with Crippen LogP contribution in [0.4, 0.5) is 0 Å². The highest BCUT2D eigenvalue weighted by Gasteiger charge is 2.24. The molecule has 0 spiro atoms. The van der Waals surface area contributed by atoms with E-state index in [1.165, 1.54) is 148 Å². The van der Waals surface area contributed by atoms with E-state index in [0.29, 0.717) is 19.3 Å². The SMILES string of the molecule is CC/C=C/C=C/C=C/CCCCCCCC(CC(=O)NC(CO)C(O)CCCCCCCCCCCCCCCCCC)OC(=O)CCCCCCCCC/C=C\CCCCCC. The lowest BCUT2D eigenvalue weighted by atomic mass is 10.0. The lowest BCUT2D eigenvalue weighted by Gasteiger charge is -2.24. The molecule has 0 aromatic carbocycles. The third-order valence-electron chi connectivity index (χ3n) is 12.5. The number of hydrogen-bond acceptors (Lipinski definition) is 5. The lowest BCUT2D eigenvalue weighted by Crippen LogP contribution is -2.46. The van der Waals surface area contributed by atoms with Crippen molar-refractivity contribution in [3.05, 3.63) is 48.6 Å². The van der Waals surface area contributed by atoms with Crippen LogP contribution in [0.5, 0.6) is 0 Å². The Bertz CT molecular complexity index is 1080. The van der Waals surface area contributed by atoms with Crippen molar-refractivity contribution < 1.29 is 24.5 Å². The molecule has 0 aliphatic rings. The highest BCUT2D eigenvalue weighted by molar-refractivity contribution is 5.77. The van der Waals surface area contributed by atoms with Gasteiger partial charge in [-0.3, -0.25) is 9.59 Å². The quantitative estimate of drug-likeness (QED) is 0.0245. The number of allylic oxidation sites excluding steroid dienone is 8. The van der Waals surface area contributed by atoms with Gasteiger partial charge in [-0.25, -0.2) is 0 Å². The summed E-state index contributed by atoms with van der Waals surface area (Å²) in [4.78, 5) is 26.2. The molecule has 368 valence electrons. The first kappa shape index (κ1) is 60.8. The van der Waals surface area contributed by atoms with Gasteiger partial charge in [0.1, 0.15) is 6.10 Å². The van der Waals surface area contributed by atoms with Crippen molar-refractivity contribution in [2.75, 3.05) is 6.61 Å². The molecule has 0 aliphatic heterocycles. The maximum absolute atomic E-state index is 13.2. The van der Waals surface area contributed by atoms with Crippen LogP contribution >= 0.6 is 0 Å². The Hall–Kier alpha value is -2.18. The summed E-state index contributed by atoms with van der Waals surface area (Å²) in [6.07, 6.45) is 61.7. The molecule has 6 nitrogen and oxygen atoms in total. The minimum atomic E-state index is -0.794. The number of rotatable bonds is 49. The summed E-state index contributed by atoms with van der Waals surface area (Å²) < 4.78 is 5.94. The molecule has 1 amide bonds. The first-order valence-electron chi connectivity index (χ1n) is 27.4. The summed E-state index contributed by atoms with van der Waals surface area (Å²) in [7, 11) is 0. The third-order valence-corrected chi connectivity index (χ3v) is 12.5. The zero-order chi connectivity index (χ0) is 45.9. The van der Waals surface area contributed by atoms with Crippen LogP contribution in [0.15, 0.2) is 48.6 Å². The van der Waals surface area contributed by atoms with Crippen LogP contribution in [-0.2, 0) is 14.3 Å². The second-order valence-electron chi connectivity index (χ2n) is 18.7. The van der Waals surface area contributed by atoms with Crippen LogP contribution < -0.4 is 5.32 Å². The molecule has 3 N–H and O–H groups in total. The highest BCUT2D eigenvalue weighted by atomic mass is 16.5. The van der Waals surface area contributed by atoms with Gasteiger partial charge in [0.25, 0.3) is 0 Å². The summed E-state index contributed by atoms with van der Waals surface area (Å²) in [5, 5.41) is 23.8. The zero-order valence-electron chi connectivity index (χ0n) is 42.0. The standard InChI is InChI=1S/C57H105NO5/c1-4-7-10-13-16-19-22-25-27-29-31-34-37-40-43-46-49-55(60)54(52-59)58-56(61)51-53(48-45-42-39-36-33-30-24-21-18-15-12-9-6-3)63-57(62)50-47-44-41-38-35-32-28-26-23-20-17-14-11-8-5-2/h9,12,15,18,20-21,23-24,53-55,59-60H,4-8,10-11,13-14,16-17,19,22,25-52H2,1-3H3,(H,58,61)/b12-9+,18-15+,23-20-,24-21+. The predicted octanol–water partition coefficient (Wildman–Crippen LogP) is 16.6. The molecule has 0 saturated heterocycles. The smallest absolute Gasteiger partial charge is 0.306 e. The monoisotopic (exact) mass is 884 g/mol. The second-order valence-corrected chi connectivity index (χ2v) is 18.7. The number of aliphatic hydroxyl groups excluding tert-OH is 2. The second kappa shape index (κ2) is 50.8. The van der Waals surface area contributed by atoms with Crippen molar-refractivity contribution in [3.8, 4) is 0 Å². The fourth-order valence-electron chi connectivity index (χ4n) is 8.31. The molecule has 0 rings (SSSR count). The minimum absolute atomic E-state index is 0.0633. The van der Waals surface area contributed by atoms with Gasteiger partial charge in [-0.2, -0.15) is 0 Å². The molecule has 3 atom stereocenters. The number of unbranched alkanes of at least 4 members (excludes halogenated alkanes) is 31. The van der Waals surface area contributed by atoms with Gasteiger partial charge in [-0.1, -0.05) is 243 Å². The van der Waals surface area contributed by atoms with E-state index in [-0.39, 0.29) is 24.9 Å².